The minimum absolute atomic E-state index is 0.0199. The molecule has 0 atom stereocenters. The SMILES string of the molecule is Cc1c(Cl)cccc1NC(=O)Oc1ccc(N2CCN(C(=O)c3ccccc3C(F)(F)F)CC2)nn1. The minimum atomic E-state index is -4.61. The van der Waals surface area contributed by atoms with E-state index in [0.717, 1.165) is 6.07 Å². The van der Waals surface area contributed by atoms with Gasteiger partial charge in [-0.2, -0.15) is 13.2 Å². The highest BCUT2D eigenvalue weighted by Gasteiger charge is 2.36. The van der Waals surface area contributed by atoms with Crippen LogP contribution in [0.4, 0.5) is 29.5 Å². The van der Waals surface area contributed by atoms with Gasteiger partial charge in [-0.25, -0.2) is 4.79 Å². The Balaban J connectivity index is 1.34. The summed E-state index contributed by atoms with van der Waals surface area (Å²) < 4.78 is 45.0. The highest BCUT2D eigenvalue weighted by molar-refractivity contribution is 6.31. The fourth-order valence-electron chi connectivity index (χ4n) is 3.74. The van der Waals surface area contributed by atoms with Crippen molar-refractivity contribution in [2.75, 3.05) is 36.4 Å². The molecule has 2 aromatic carbocycles. The molecule has 0 radical (unpaired) electrons. The molecule has 12 heteroatoms. The first kappa shape index (κ1) is 25.2. The van der Waals surface area contributed by atoms with Crippen molar-refractivity contribution in [3.8, 4) is 5.88 Å². The average Bonchev–Trinajstić information content (AvgIpc) is 2.86. The summed E-state index contributed by atoms with van der Waals surface area (Å²) in [7, 11) is 0. The zero-order valence-corrected chi connectivity index (χ0v) is 19.8. The summed E-state index contributed by atoms with van der Waals surface area (Å²) in [6, 6.07) is 12.9. The molecule has 3 aromatic rings. The Kier molecular flexibility index (Phi) is 7.30. The number of halogens is 4. The molecule has 4 rings (SSSR count). The zero-order valence-electron chi connectivity index (χ0n) is 19.1. The molecule has 2 amide bonds. The summed E-state index contributed by atoms with van der Waals surface area (Å²) in [5, 5.41) is 11.1. The van der Waals surface area contributed by atoms with Crippen molar-refractivity contribution in [1.82, 2.24) is 15.1 Å². The van der Waals surface area contributed by atoms with Crippen LogP contribution >= 0.6 is 11.6 Å². The number of amides is 2. The van der Waals surface area contributed by atoms with Gasteiger partial charge >= 0.3 is 12.3 Å². The van der Waals surface area contributed by atoms with Crippen molar-refractivity contribution < 1.29 is 27.5 Å². The first-order valence-corrected chi connectivity index (χ1v) is 11.3. The first-order chi connectivity index (χ1) is 17.1. The fourth-order valence-corrected chi connectivity index (χ4v) is 3.91. The van der Waals surface area contributed by atoms with Crippen LogP contribution in [0.15, 0.2) is 54.6 Å². The number of alkyl halides is 3. The molecule has 0 aliphatic carbocycles. The predicted octanol–water partition coefficient (Wildman–Crippen LogP) is 5.03. The Bertz CT molecular complexity index is 1260. The van der Waals surface area contributed by atoms with Gasteiger partial charge in [-0.05, 0) is 42.8 Å². The van der Waals surface area contributed by atoms with Gasteiger partial charge < -0.3 is 14.5 Å². The maximum atomic E-state index is 13.3. The maximum Gasteiger partial charge on any atom is 0.418 e. The molecule has 0 saturated carbocycles. The van der Waals surface area contributed by atoms with E-state index in [1.807, 2.05) is 4.90 Å². The smallest absolute Gasteiger partial charge is 0.389 e. The van der Waals surface area contributed by atoms with Crippen molar-refractivity contribution >= 4 is 35.1 Å². The maximum absolute atomic E-state index is 13.3. The van der Waals surface area contributed by atoms with E-state index in [1.54, 1.807) is 31.2 Å². The van der Waals surface area contributed by atoms with Crippen LogP contribution in [0.25, 0.3) is 0 Å². The number of nitrogens with one attached hydrogen (secondary N) is 1. The van der Waals surface area contributed by atoms with E-state index in [0.29, 0.717) is 35.2 Å². The minimum Gasteiger partial charge on any atom is -0.389 e. The molecule has 1 fully saturated rings. The summed E-state index contributed by atoms with van der Waals surface area (Å²) in [6.07, 6.45) is -5.37. The molecule has 1 aliphatic rings. The van der Waals surface area contributed by atoms with Gasteiger partial charge in [0.05, 0.1) is 11.1 Å². The van der Waals surface area contributed by atoms with Crippen LogP contribution in [0.2, 0.25) is 5.02 Å². The zero-order chi connectivity index (χ0) is 25.9. The third-order valence-electron chi connectivity index (χ3n) is 5.68. The lowest BCUT2D eigenvalue weighted by Crippen LogP contribution is -2.49. The lowest BCUT2D eigenvalue weighted by Gasteiger charge is -2.35. The number of carbonyl (C=O) groups is 2. The fraction of sp³-hybridized carbons (Fsp3) is 0.250. The van der Waals surface area contributed by atoms with Crippen LogP contribution < -0.4 is 15.0 Å². The van der Waals surface area contributed by atoms with Crippen molar-refractivity contribution in [2.24, 2.45) is 0 Å². The number of ether oxygens (including phenoxy) is 1. The van der Waals surface area contributed by atoms with E-state index in [2.05, 4.69) is 15.5 Å². The quantitative estimate of drug-likeness (QED) is 0.520. The van der Waals surface area contributed by atoms with Crippen LogP contribution in [0.3, 0.4) is 0 Å². The number of rotatable bonds is 4. The second-order valence-corrected chi connectivity index (χ2v) is 8.39. The first-order valence-electron chi connectivity index (χ1n) is 10.9. The number of nitrogens with zero attached hydrogens (tertiary/aromatic N) is 4. The van der Waals surface area contributed by atoms with Crippen molar-refractivity contribution in [1.29, 1.82) is 0 Å². The Morgan fingerprint density at radius 2 is 1.69 bits per heavy atom. The number of hydrogen-bond acceptors (Lipinski definition) is 6. The molecule has 1 aromatic heterocycles. The molecule has 188 valence electrons. The third kappa shape index (κ3) is 5.68. The number of piperazine rings is 1. The molecule has 0 spiro atoms. The van der Waals surface area contributed by atoms with Crippen molar-refractivity contribution in [3.63, 3.8) is 0 Å². The molecule has 36 heavy (non-hydrogen) atoms. The summed E-state index contributed by atoms with van der Waals surface area (Å²) in [6.45, 7) is 2.89. The monoisotopic (exact) mass is 519 g/mol. The molecule has 2 heterocycles. The van der Waals surface area contributed by atoms with Gasteiger partial charge in [-0.3, -0.25) is 10.1 Å². The molecule has 0 unspecified atom stereocenters. The van der Waals surface area contributed by atoms with Gasteiger partial charge in [0, 0.05) is 43.0 Å². The van der Waals surface area contributed by atoms with E-state index in [-0.39, 0.29) is 24.5 Å². The number of benzene rings is 2. The van der Waals surface area contributed by atoms with Gasteiger partial charge in [0.2, 0.25) is 5.88 Å². The van der Waals surface area contributed by atoms with Crippen LogP contribution in [-0.2, 0) is 6.18 Å². The third-order valence-corrected chi connectivity index (χ3v) is 6.09. The van der Waals surface area contributed by atoms with Gasteiger partial charge in [0.25, 0.3) is 5.91 Å². The lowest BCUT2D eigenvalue weighted by molar-refractivity contribution is -0.138. The number of hydrogen-bond donors (Lipinski definition) is 1. The van der Waals surface area contributed by atoms with Crippen LogP contribution in [0.1, 0.15) is 21.5 Å². The topological polar surface area (TPSA) is 87.7 Å². The van der Waals surface area contributed by atoms with Crippen molar-refractivity contribution in [2.45, 2.75) is 13.1 Å². The van der Waals surface area contributed by atoms with Crippen molar-refractivity contribution in [3.05, 3.63) is 76.3 Å². The number of carbonyl (C=O) groups excluding carboxylic acids is 2. The highest BCUT2D eigenvalue weighted by atomic mass is 35.5. The van der Waals surface area contributed by atoms with E-state index < -0.39 is 23.7 Å². The summed E-state index contributed by atoms with van der Waals surface area (Å²) in [5.41, 5.74) is -0.126. The Morgan fingerprint density at radius 1 is 0.972 bits per heavy atom. The predicted molar refractivity (Wildman–Crippen MR) is 127 cm³/mol. The summed E-state index contributed by atoms with van der Waals surface area (Å²) in [4.78, 5) is 28.1. The van der Waals surface area contributed by atoms with E-state index in [1.165, 1.54) is 29.2 Å². The summed E-state index contributed by atoms with van der Waals surface area (Å²) >= 11 is 6.05. The highest BCUT2D eigenvalue weighted by Crippen LogP contribution is 2.32. The number of aromatic nitrogens is 2. The molecular weight excluding hydrogens is 499 g/mol. The molecule has 0 bridgehead atoms. The molecule has 1 aliphatic heterocycles. The van der Waals surface area contributed by atoms with Gasteiger partial charge in [-0.1, -0.05) is 29.8 Å². The lowest BCUT2D eigenvalue weighted by atomic mass is 10.1. The Hall–Kier alpha value is -3.86. The second-order valence-electron chi connectivity index (χ2n) is 7.98. The van der Waals surface area contributed by atoms with E-state index in [9.17, 15) is 22.8 Å². The van der Waals surface area contributed by atoms with Gasteiger partial charge in [0.15, 0.2) is 5.82 Å². The van der Waals surface area contributed by atoms with E-state index in [4.69, 9.17) is 16.3 Å². The standard InChI is InChI=1S/C24H21ClF3N5O3/c1-15-18(25)7-4-8-19(15)29-23(35)36-21-10-9-20(30-31-21)32-11-13-33(14-12-32)22(34)16-5-2-3-6-17(16)24(26,27)28/h2-10H,11-14H2,1H3,(H,29,35). The Labute approximate surface area is 209 Å². The molecule has 1 N–H and O–H groups in total. The van der Waals surface area contributed by atoms with Crippen LogP contribution in [0.5, 0.6) is 5.88 Å². The van der Waals surface area contributed by atoms with Gasteiger partial charge in [0.1, 0.15) is 0 Å². The number of anilines is 2. The largest absolute Gasteiger partial charge is 0.418 e. The van der Waals surface area contributed by atoms with Crippen LogP contribution in [0, 0.1) is 6.92 Å². The Morgan fingerprint density at radius 3 is 2.36 bits per heavy atom. The van der Waals surface area contributed by atoms with E-state index >= 15 is 0 Å². The second kappa shape index (κ2) is 10.4. The van der Waals surface area contributed by atoms with Gasteiger partial charge in [-0.15, -0.1) is 10.2 Å². The molecule has 8 nitrogen and oxygen atoms in total. The normalized spacial score (nSPS) is 13.9. The van der Waals surface area contributed by atoms with Crippen LogP contribution in [-0.4, -0.2) is 53.3 Å². The summed E-state index contributed by atoms with van der Waals surface area (Å²) in [5.74, 6) is -0.205. The molecular formula is C24H21ClF3N5O3. The molecule has 1 saturated heterocycles. The average molecular weight is 520 g/mol.